The fourth-order valence-electron chi connectivity index (χ4n) is 5.47. The molecule has 4 rings (SSSR count). The van der Waals surface area contributed by atoms with Crippen molar-refractivity contribution in [1.29, 1.82) is 0 Å². The van der Waals surface area contributed by atoms with E-state index in [9.17, 15) is 0 Å². The van der Waals surface area contributed by atoms with Crippen LogP contribution in [0.25, 0.3) is 11.1 Å². The molecule has 0 N–H and O–H groups in total. The topological polar surface area (TPSA) is 18.8 Å². The molecule has 45 heavy (non-hydrogen) atoms. The third-order valence-corrected chi connectivity index (χ3v) is 8.13. The first kappa shape index (κ1) is 33.0. The molecule has 0 spiro atoms. The van der Waals surface area contributed by atoms with Gasteiger partial charge in [0.25, 0.3) is 0 Å². The Morgan fingerprint density at radius 1 is 0.889 bits per heavy atom. The van der Waals surface area contributed by atoms with E-state index in [0.29, 0.717) is 0 Å². The van der Waals surface area contributed by atoms with Gasteiger partial charge >= 0.3 is 0 Å². The van der Waals surface area contributed by atoms with Crippen LogP contribution in [0.2, 0.25) is 0 Å². The number of anilines is 2. The molecule has 0 saturated heterocycles. The molecule has 3 nitrogen and oxygen atoms in total. The minimum Gasteiger partial charge on any atom is -0.373 e. The van der Waals surface area contributed by atoms with E-state index in [2.05, 4.69) is 166 Å². The lowest BCUT2D eigenvalue weighted by Crippen LogP contribution is -2.20. The summed E-state index contributed by atoms with van der Waals surface area (Å²) in [5.74, 6) is 0.235. The van der Waals surface area contributed by atoms with Crippen molar-refractivity contribution in [3.8, 4) is 0 Å². The highest BCUT2D eigenvalue weighted by Gasteiger charge is 2.16. The summed E-state index contributed by atoms with van der Waals surface area (Å²) in [5, 5.41) is 0. The minimum absolute atomic E-state index is 0.235. The van der Waals surface area contributed by atoms with Gasteiger partial charge in [0.1, 0.15) is 0 Å². The number of aliphatic imine (C=N–C) groups is 1. The molecular weight excluding hydrogens is 546 g/mol. The molecule has 0 amide bonds. The molecule has 0 aromatic heterocycles. The molecule has 0 bridgehead atoms. The molecule has 3 heteroatoms. The standard InChI is InChI=1S/C42H47N3/c1-8-18-37(10-3)43-40(19-9-2)34-27-26-32(5)38(29-28-34)35-22-17-23-36(30-35)39(33-20-13-12-14-21-33)31-45(7)42-25-16-15-24-41(42)44(6)11-4/h8-10,12-17,19-32H,1,11,18H2,2-7H3/b19-9-,37-10-,39-31+,43-40+. The molecular formula is C42H47N3. The molecule has 0 aliphatic heterocycles. The van der Waals surface area contributed by atoms with Crippen LogP contribution < -0.4 is 9.80 Å². The largest absolute Gasteiger partial charge is 0.373 e. The lowest BCUT2D eigenvalue weighted by Gasteiger charge is -2.26. The van der Waals surface area contributed by atoms with Crippen molar-refractivity contribution in [3.63, 3.8) is 0 Å². The second-order valence-corrected chi connectivity index (χ2v) is 11.3. The quantitative estimate of drug-likeness (QED) is 0.154. The van der Waals surface area contributed by atoms with E-state index >= 15 is 0 Å². The number of rotatable bonds is 12. The van der Waals surface area contributed by atoms with Gasteiger partial charge in [-0.3, -0.25) is 4.99 Å². The van der Waals surface area contributed by atoms with Crippen molar-refractivity contribution in [2.75, 3.05) is 30.4 Å². The van der Waals surface area contributed by atoms with Gasteiger partial charge in [-0.25, -0.2) is 0 Å². The molecule has 1 atom stereocenters. The van der Waals surface area contributed by atoms with Crippen molar-refractivity contribution in [3.05, 3.63) is 168 Å². The predicted molar refractivity (Wildman–Crippen MR) is 199 cm³/mol. The Bertz CT molecular complexity index is 1680. The van der Waals surface area contributed by atoms with Gasteiger partial charge in [-0.05, 0) is 78.8 Å². The Labute approximate surface area is 271 Å². The Morgan fingerprint density at radius 3 is 2.29 bits per heavy atom. The third kappa shape index (κ3) is 8.39. The van der Waals surface area contributed by atoms with Gasteiger partial charge in [-0.15, -0.1) is 6.58 Å². The number of nitrogens with zero attached hydrogens (tertiary/aromatic N) is 3. The number of allylic oxidation sites excluding steroid dienone is 10. The maximum atomic E-state index is 4.96. The Balaban J connectivity index is 1.79. The monoisotopic (exact) mass is 593 g/mol. The van der Waals surface area contributed by atoms with E-state index < -0.39 is 0 Å². The van der Waals surface area contributed by atoms with E-state index in [-0.39, 0.29) is 5.92 Å². The molecule has 0 saturated carbocycles. The van der Waals surface area contributed by atoms with Crippen molar-refractivity contribution >= 4 is 28.2 Å². The third-order valence-electron chi connectivity index (χ3n) is 8.13. The van der Waals surface area contributed by atoms with Crippen LogP contribution in [0.15, 0.2) is 157 Å². The van der Waals surface area contributed by atoms with E-state index in [4.69, 9.17) is 4.99 Å². The van der Waals surface area contributed by atoms with Gasteiger partial charge in [-0.1, -0.05) is 110 Å². The zero-order valence-electron chi connectivity index (χ0n) is 27.7. The summed E-state index contributed by atoms with van der Waals surface area (Å²) in [6, 6.07) is 28.2. The van der Waals surface area contributed by atoms with Crippen LogP contribution in [0.3, 0.4) is 0 Å². The molecule has 0 fully saturated rings. The van der Waals surface area contributed by atoms with E-state index in [1.807, 2.05) is 26.0 Å². The van der Waals surface area contributed by atoms with Gasteiger partial charge in [0.15, 0.2) is 0 Å². The zero-order valence-corrected chi connectivity index (χ0v) is 27.7. The highest BCUT2D eigenvalue weighted by molar-refractivity contribution is 6.11. The molecule has 230 valence electrons. The fraction of sp³-hybridized carbons (Fsp3) is 0.214. The Morgan fingerprint density at radius 2 is 1.60 bits per heavy atom. The first-order valence-electron chi connectivity index (χ1n) is 15.9. The molecule has 0 heterocycles. The highest BCUT2D eigenvalue weighted by Crippen LogP contribution is 2.34. The van der Waals surface area contributed by atoms with Crippen LogP contribution in [0.4, 0.5) is 11.4 Å². The summed E-state index contributed by atoms with van der Waals surface area (Å²) in [4.78, 5) is 9.49. The van der Waals surface area contributed by atoms with Crippen molar-refractivity contribution in [2.24, 2.45) is 10.9 Å². The number of hydrogen-bond donors (Lipinski definition) is 0. The molecule has 1 aliphatic carbocycles. The summed E-state index contributed by atoms with van der Waals surface area (Å²) in [5.41, 5.74) is 11.4. The van der Waals surface area contributed by atoms with Gasteiger partial charge in [0, 0.05) is 44.5 Å². The van der Waals surface area contributed by atoms with Crippen molar-refractivity contribution < 1.29 is 0 Å². The van der Waals surface area contributed by atoms with Crippen molar-refractivity contribution in [1.82, 2.24) is 0 Å². The predicted octanol–water partition coefficient (Wildman–Crippen LogP) is 10.7. The second kappa shape index (κ2) is 16.3. The SMILES string of the molecule is C=CCC(=C/C)/N=C(\C=C/C)C1=CC=C(c2cccc(/C(=C/N(C)c3ccccc3N(C)CC)c3ccccc3)c2)C(C)C=C1. The van der Waals surface area contributed by atoms with Crippen LogP contribution in [0, 0.1) is 5.92 Å². The molecule has 0 radical (unpaired) electrons. The summed E-state index contributed by atoms with van der Waals surface area (Å²) >= 11 is 0. The summed E-state index contributed by atoms with van der Waals surface area (Å²) in [7, 11) is 4.28. The maximum Gasteiger partial charge on any atom is 0.0701 e. The summed E-state index contributed by atoms with van der Waals surface area (Å²) < 4.78 is 0. The zero-order chi connectivity index (χ0) is 32.2. The van der Waals surface area contributed by atoms with Gasteiger partial charge in [0.2, 0.25) is 0 Å². The number of benzene rings is 3. The number of hydrogen-bond acceptors (Lipinski definition) is 3. The molecule has 1 aliphatic rings. The average molecular weight is 594 g/mol. The summed E-state index contributed by atoms with van der Waals surface area (Å²) in [6.45, 7) is 13.3. The molecule has 1 unspecified atom stereocenters. The first-order chi connectivity index (χ1) is 21.9. The molecule has 3 aromatic carbocycles. The van der Waals surface area contributed by atoms with E-state index in [1.165, 1.54) is 39.2 Å². The van der Waals surface area contributed by atoms with Crippen LogP contribution >= 0.6 is 0 Å². The second-order valence-electron chi connectivity index (χ2n) is 11.3. The van der Waals surface area contributed by atoms with Gasteiger partial charge in [0.05, 0.1) is 17.1 Å². The average Bonchev–Trinajstić information content (AvgIpc) is 3.27. The number of para-hydroxylation sites is 2. The Hall–Kier alpha value is -4.89. The van der Waals surface area contributed by atoms with Gasteiger partial charge in [-0.2, -0.15) is 0 Å². The van der Waals surface area contributed by atoms with Crippen LogP contribution in [-0.4, -0.2) is 26.4 Å². The molecule has 3 aromatic rings. The summed E-state index contributed by atoms with van der Waals surface area (Å²) in [6.07, 6.45) is 20.0. The van der Waals surface area contributed by atoms with E-state index in [0.717, 1.165) is 29.9 Å². The lowest BCUT2D eigenvalue weighted by atomic mass is 9.90. The van der Waals surface area contributed by atoms with E-state index in [1.54, 1.807) is 0 Å². The lowest BCUT2D eigenvalue weighted by molar-refractivity contribution is 0.962. The maximum absolute atomic E-state index is 4.96. The highest BCUT2D eigenvalue weighted by atomic mass is 15.2. The normalized spacial score (nSPS) is 15.9. The van der Waals surface area contributed by atoms with Gasteiger partial charge < -0.3 is 9.80 Å². The van der Waals surface area contributed by atoms with Crippen LogP contribution in [0.5, 0.6) is 0 Å². The van der Waals surface area contributed by atoms with Crippen molar-refractivity contribution in [2.45, 2.75) is 34.1 Å². The first-order valence-corrected chi connectivity index (χ1v) is 15.9. The van der Waals surface area contributed by atoms with Crippen LogP contribution in [0.1, 0.15) is 50.8 Å². The Kier molecular flexibility index (Phi) is 11.9. The van der Waals surface area contributed by atoms with Crippen LogP contribution in [-0.2, 0) is 0 Å². The smallest absolute Gasteiger partial charge is 0.0701 e. The fourth-order valence-corrected chi connectivity index (χ4v) is 5.47. The minimum atomic E-state index is 0.235.